The lowest BCUT2D eigenvalue weighted by atomic mass is 9.99. The van der Waals surface area contributed by atoms with Crippen molar-refractivity contribution in [3.05, 3.63) is 102 Å². The zero-order valence-electron chi connectivity index (χ0n) is 19.8. The van der Waals surface area contributed by atoms with Gasteiger partial charge in [0.1, 0.15) is 12.4 Å². The van der Waals surface area contributed by atoms with E-state index in [4.69, 9.17) is 10.5 Å². The van der Waals surface area contributed by atoms with Crippen LogP contribution >= 0.6 is 0 Å². The van der Waals surface area contributed by atoms with E-state index in [0.29, 0.717) is 19.6 Å². The van der Waals surface area contributed by atoms with Crippen LogP contribution in [0.5, 0.6) is 5.75 Å². The van der Waals surface area contributed by atoms with Crippen LogP contribution in [0.2, 0.25) is 0 Å². The van der Waals surface area contributed by atoms with Gasteiger partial charge in [0.05, 0.1) is 6.42 Å². The van der Waals surface area contributed by atoms with Gasteiger partial charge in [-0.1, -0.05) is 60.7 Å². The van der Waals surface area contributed by atoms with Crippen molar-refractivity contribution in [2.45, 2.75) is 44.4 Å². The average Bonchev–Trinajstić information content (AvgIpc) is 3.28. The molecule has 35 heavy (non-hydrogen) atoms. The number of aromatic amines is 1. The summed E-state index contributed by atoms with van der Waals surface area (Å²) in [4.78, 5) is 14.8. The minimum absolute atomic E-state index is 0.0125. The van der Waals surface area contributed by atoms with Gasteiger partial charge in [-0.3, -0.25) is 4.79 Å². The monoisotopic (exact) mass is 471 g/mol. The second-order valence-corrected chi connectivity index (χ2v) is 8.92. The fraction of sp³-hybridized carbons (Fsp3) is 0.276. The SMILES string of the molecule is NCC(CCc1cccc(OCc2ccccc2)c1)N[C@H](CC(=O)O)Cc1c[nH]c2ccccc12. The zero-order valence-corrected chi connectivity index (χ0v) is 19.8. The van der Waals surface area contributed by atoms with Gasteiger partial charge in [-0.2, -0.15) is 0 Å². The maximum atomic E-state index is 11.6. The topological polar surface area (TPSA) is 100 Å². The van der Waals surface area contributed by atoms with Crippen LogP contribution in [0, 0.1) is 0 Å². The first-order valence-electron chi connectivity index (χ1n) is 12.1. The van der Waals surface area contributed by atoms with Gasteiger partial charge in [0.2, 0.25) is 0 Å². The Bertz CT molecular complexity index is 1220. The second-order valence-electron chi connectivity index (χ2n) is 8.92. The number of carbonyl (C=O) groups is 1. The molecule has 0 bridgehead atoms. The Labute approximate surface area is 206 Å². The number of nitrogens with one attached hydrogen (secondary N) is 2. The molecule has 0 radical (unpaired) electrons. The highest BCUT2D eigenvalue weighted by Gasteiger charge is 2.19. The minimum atomic E-state index is -0.818. The number of benzene rings is 3. The number of carboxylic acids is 1. The largest absolute Gasteiger partial charge is 0.489 e. The quantitative estimate of drug-likeness (QED) is 0.227. The van der Waals surface area contributed by atoms with Crippen molar-refractivity contribution in [1.82, 2.24) is 10.3 Å². The van der Waals surface area contributed by atoms with Crippen molar-refractivity contribution in [2.24, 2.45) is 5.73 Å². The van der Waals surface area contributed by atoms with Gasteiger partial charge in [0.15, 0.2) is 0 Å². The first kappa shape index (κ1) is 24.5. The molecule has 1 unspecified atom stereocenters. The molecular weight excluding hydrogens is 438 g/mol. The molecule has 0 spiro atoms. The van der Waals surface area contributed by atoms with Crippen molar-refractivity contribution < 1.29 is 14.6 Å². The van der Waals surface area contributed by atoms with E-state index in [0.717, 1.165) is 40.6 Å². The first-order valence-corrected chi connectivity index (χ1v) is 12.1. The lowest BCUT2D eigenvalue weighted by Gasteiger charge is -2.24. The lowest BCUT2D eigenvalue weighted by molar-refractivity contribution is -0.137. The number of aliphatic carboxylic acids is 1. The van der Waals surface area contributed by atoms with Crippen LogP contribution in [-0.4, -0.2) is 34.7 Å². The van der Waals surface area contributed by atoms with E-state index >= 15 is 0 Å². The molecule has 0 saturated carbocycles. The van der Waals surface area contributed by atoms with Gasteiger partial charge in [-0.25, -0.2) is 0 Å². The van der Waals surface area contributed by atoms with E-state index in [1.807, 2.05) is 66.9 Å². The summed E-state index contributed by atoms with van der Waals surface area (Å²) < 4.78 is 5.96. The van der Waals surface area contributed by atoms with Crippen LogP contribution in [-0.2, 0) is 24.2 Å². The van der Waals surface area contributed by atoms with Crippen molar-refractivity contribution in [3.8, 4) is 5.75 Å². The number of fused-ring (bicyclic) bond motifs is 1. The van der Waals surface area contributed by atoms with Crippen LogP contribution in [0.15, 0.2) is 85.1 Å². The summed E-state index contributed by atoms with van der Waals surface area (Å²) in [5, 5.41) is 14.1. The summed E-state index contributed by atoms with van der Waals surface area (Å²) in [6.45, 7) is 0.968. The summed E-state index contributed by atoms with van der Waals surface area (Å²) in [7, 11) is 0. The first-order chi connectivity index (χ1) is 17.1. The van der Waals surface area contributed by atoms with Crippen LogP contribution in [0.1, 0.15) is 29.5 Å². The second kappa shape index (κ2) is 12.2. The summed E-state index contributed by atoms with van der Waals surface area (Å²) in [5.74, 6) is 0.0214. The molecule has 0 aliphatic rings. The Morgan fingerprint density at radius 3 is 2.54 bits per heavy atom. The maximum Gasteiger partial charge on any atom is 0.304 e. The predicted octanol–water partition coefficient (Wildman–Crippen LogP) is 4.68. The molecule has 2 atom stereocenters. The molecule has 1 heterocycles. The van der Waals surface area contributed by atoms with Crippen molar-refractivity contribution in [2.75, 3.05) is 6.54 Å². The highest BCUT2D eigenvalue weighted by molar-refractivity contribution is 5.83. The molecule has 6 heteroatoms. The van der Waals surface area contributed by atoms with Crippen molar-refractivity contribution in [3.63, 3.8) is 0 Å². The van der Waals surface area contributed by atoms with E-state index in [1.165, 1.54) is 5.56 Å². The molecule has 6 nitrogen and oxygen atoms in total. The van der Waals surface area contributed by atoms with Gasteiger partial charge in [-0.15, -0.1) is 0 Å². The number of aryl methyl sites for hydroxylation is 1. The molecule has 0 amide bonds. The van der Waals surface area contributed by atoms with Crippen LogP contribution in [0.3, 0.4) is 0 Å². The van der Waals surface area contributed by atoms with Gasteiger partial charge in [0.25, 0.3) is 0 Å². The number of hydrogen-bond donors (Lipinski definition) is 4. The number of hydrogen-bond acceptors (Lipinski definition) is 4. The summed E-state index contributed by atoms with van der Waals surface area (Å²) in [6.07, 6.45) is 4.26. The molecule has 0 aliphatic carbocycles. The Morgan fingerprint density at radius 1 is 0.971 bits per heavy atom. The Balaban J connectivity index is 1.35. The van der Waals surface area contributed by atoms with E-state index in [1.54, 1.807) is 0 Å². The average molecular weight is 472 g/mol. The zero-order chi connectivity index (χ0) is 24.5. The molecule has 5 N–H and O–H groups in total. The molecule has 4 aromatic rings. The Kier molecular flexibility index (Phi) is 8.54. The molecule has 4 rings (SSSR count). The molecule has 3 aromatic carbocycles. The Hall–Kier alpha value is -3.61. The molecule has 0 fully saturated rings. The summed E-state index contributed by atoms with van der Waals surface area (Å²) >= 11 is 0. The number of H-pyrrole nitrogens is 1. The highest BCUT2D eigenvalue weighted by Crippen LogP contribution is 2.21. The lowest BCUT2D eigenvalue weighted by Crippen LogP contribution is -2.45. The third-order valence-corrected chi connectivity index (χ3v) is 6.25. The molecule has 0 saturated heterocycles. The number of ether oxygens (including phenoxy) is 1. The standard InChI is InChI=1S/C29H33N3O3/c30-18-24(14-13-21-9-6-10-26(15-21)35-20-22-7-2-1-3-8-22)32-25(17-29(33)34)16-23-19-31-28-12-5-4-11-27(23)28/h1-12,15,19,24-25,31-32H,13-14,16-18,20,30H2,(H,33,34)/t24?,25-/m0/s1. The molecular formula is C29H33N3O3. The van der Waals surface area contributed by atoms with Crippen LogP contribution in [0.4, 0.5) is 0 Å². The fourth-order valence-corrected chi connectivity index (χ4v) is 4.44. The number of nitrogens with two attached hydrogens (primary N) is 1. The predicted molar refractivity (Wildman–Crippen MR) is 140 cm³/mol. The smallest absolute Gasteiger partial charge is 0.304 e. The van der Waals surface area contributed by atoms with E-state index < -0.39 is 5.97 Å². The minimum Gasteiger partial charge on any atom is -0.489 e. The molecule has 0 aliphatic heterocycles. The van der Waals surface area contributed by atoms with Crippen molar-refractivity contribution in [1.29, 1.82) is 0 Å². The molecule has 182 valence electrons. The summed E-state index contributed by atoms with van der Waals surface area (Å²) in [5.41, 5.74) is 10.5. The third-order valence-electron chi connectivity index (χ3n) is 6.25. The Morgan fingerprint density at radius 2 is 1.74 bits per heavy atom. The van der Waals surface area contributed by atoms with E-state index in [9.17, 15) is 9.90 Å². The normalized spacial score (nSPS) is 12.9. The van der Waals surface area contributed by atoms with Crippen LogP contribution < -0.4 is 15.8 Å². The number of carboxylic acid groups (broad SMARTS) is 1. The van der Waals surface area contributed by atoms with Gasteiger partial charge < -0.3 is 25.9 Å². The van der Waals surface area contributed by atoms with Crippen LogP contribution in [0.25, 0.3) is 10.9 Å². The maximum absolute atomic E-state index is 11.6. The van der Waals surface area contributed by atoms with Crippen molar-refractivity contribution >= 4 is 16.9 Å². The number of para-hydroxylation sites is 1. The highest BCUT2D eigenvalue weighted by atomic mass is 16.5. The third kappa shape index (κ3) is 7.18. The van der Waals surface area contributed by atoms with E-state index in [2.05, 4.69) is 28.5 Å². The number of rotatable bonds is 13. The number of aromatic nitrogens is 1. The van der Waals surface area contributed by atoms with Gasteiger partial charge in [-0.05, 0) is 54.2 Å². The van der Waals surface area contributed by atoms with Gasteiger partial charge >= 0.3 is 5.97 Å². The van der Waals surface area contributed by atoms with E-state index in [-0.39, 0.29) is 18.5 Å². The summed E-state index contributed by atoms with van der Waals surface area (Å²) in [6, 6.07) is 26.1. The van der Waals surface area contributed by atoms with Gasteiger partial charge in [0, 0.05) is 35.7 Å². The molecule has 1 aromatic heterocycles. The fourth-order valence-electron chi connectivity index (χ4n) is 4.44.